The van der Waals surface area contributed by atoms with E-state index in [1.54, 1.807) is 13.1 Å². The summed E-state index contributed by atoms with van der Waals surface area (Å²) in [5.74, 6) is 6.57. The summed E-state index contributed by atoms with van der Waals surface area (Å²) >= 11 is 5.94. The number of aryl methyl sites for hydroxylation is 1. The average Bonchev–Trinajstić information content (AvgIpc) is 2.68. The summed E-state index contributed by atoms with van der Waals surface area (Å²) in [6.45, 7) is 1.80. The van der Waals surface area contributed by atoms with E-state index in [9.17, 15) is 0 Å². The summed E-state index contributed by atoms with van der Waals surface area (Å²) in [6, 6.07) is 0. The van der Waals surface area contributed by atoms with Crippen LogP contribution in [0.4, 0.5) is 5.82 Å². The molecule has 0 saturated heterocycles. The molecule has 2 heterocycles. The fourth-order valence-electron chi connectivity index (χ4n) is 1.37. The Labute approximate surface area is 103 Å². The first-order valence-electron chi connectivity index (χ1n) is 4.75. The third-order valence-electron chi connectivity index (χ3n) is 2.18. The van der Waals surface area contributed by atoms with Gasteiger partial charge in [0.05, 0.1) is 24.0 Å². The molecule has 2 rings (SSSR count). The van der Waals surface area contributed by atoms with Crippen LogP contribution in [0.1, 0.15) is 5.69 Å². The first-order chi connectivity index (χ1) is 8.17. The SMILES string of the molecule is COc1c(NN)ncnc1-n1cc(Cl)c(C)n1. The highest BCUT2D eigenvalue weighted by atomic mass is 35.5. The van der Waals surface area contributed by atoms with Crippen molar-refractivity contribution in [2.75, 3.05) is 12.5 Å². The molecule has 0 bridgehead atoms. The standard InChI is InChI=1S/C9H11ClN6O/c1-5-6(10)3-16(15-5)9-7(17-2)8(14-11)12-4-13-9/h3-4H,11H2,1-2H3,(H,12,13,14). The molecule has 2 aromatic rings. The van der Waals surface area contributed by atoms with Crippen LogP contribution in [0.25, 0.3) is 5.82 Å². The van der Waals surface area contributed by atoms with Crippen molar-refractivity contribution in [2.24, 2.45) is 5.84 Å². The van der Waals surface area contributed by atoms with Gasteiger partial charge in [-0.25, -0.2) is 20.5 Å². The molecule has 0 spiro atoms. The summed E-state index contributed by atoms with van der Waals surface area (Å²) in [7, 11) is 1.50. The Morgan fingerprint density at radius 3 is 2.76 bits per heavy atom. The number of hydrazine groups is 1. The summed E-state index contributed by atoms with van der Waals surface area (Å²) < 4.78 is 6.71. The summed E-state index contributed by atoms with van der Waals surface area (Å²) in [5, 5.41) is 4.76. The molecule has 0 saturated carbocycles. The van der Waals surface area contributed by atoms with E-state index in [4.69, 9.17) is 22.2 Å². The van der Waals surface area contributed by atoms with Crippen LogP contribution < -0.4 is 16.0 Å². The van der Waals surface area contributed by atoms with E-state index in [1.807, 2.05) is 0 Å². The molecule has 0 aliphatic heterocycles. The Balaban J connectivity index is 2.58. The molecule has 3 N–H and O–H groups in total. The Kier molecular flexibility index (Phi) is 3.12. The number of rotatable bonds is 3. The zero-order valence-electron chi connectivity index (χ0n) is 9.31. The monoisotopic (exact) mass is 254 g/mol. The molecular formula is C9H11ClN6O. The molecule has 0 aliphatic rings. The fraction of sp³-hybridized carbons (Fsp3) is 0.222. The van der Waals surface area contributed by atoms with Crippen molar-refractivity contribution in [2.45, 2.75) is 6.92 Å². The van der Waals surface area contributed by atoms with Crippen molar-refractivity contribution in [3.63, 3.8) is 0 Å². The van der Waals surface area contributed by atoms with E-state index in [2.05, 4.69) is 20.5 Å². The van der Waals surface area contributed by atoms with E-state index >= 15 is 0 Å². The average molecular weight is 255 g/mol. The minimum atomic E-state index is 0.377. The number of hydrogen-bond donors (Lipinski definition) is 2. The van der Waals surface area contributed by atoms with Crippen LogP contribution in [0.5, 0.6) is 5.75 Å². The summed E-state index contributed by atoms with van der Waals surface area (Å²) in [6.07, 6.45) is 3.00. The number of nitrogens with two attached hydrogens (primary N) is 1. The van der Waals surface area contributed by atoms with Gasteiger partial charge >= 0.3 is 0 Å². The van der Waals surface area contributed by atoms with E-state index < -0.39 is 0 Å². The maximum atomic E-state index is 5.94. The molecule has 2 aromatic heterocycles. The Morgan fingerprint density at radius 2 is 2.24 bits per heavy atom. The van der Waals surface area contributed by atoms with Crippen LogP contribution in [-0.4, -0.2) is 26.9 Å². The Morgan fingerprint density at radius 1 is 1.47 bits per heavy atom. The number of anilines is 1. The van der Waals surface area contributed by atoms with Crippen molar-refractivity contribution in [1.82, 2.24) is 19.7 Å². The first kappa shape index (κ1) is 11.6. The van der Waals surface area contributed by atoms with Crippen molar-refractivity contribution in [3.8, 4) is 11.6 Å². The molecule has 17 heavy (non-hydrogen) atoms. The molecule has 0 amide bonds. The van der Waals surface area contributed by atoms with Gasteiger partial charge in [-0.3, -0.25) is 0 Å². The third-order valence-corrected chi connectivity index (χ3v) is 2.55. The molecule has 8 heteroatoms. The minimum absolute atomic E-state index is 0.377. The zero-order valence-corrected chi connectivity index (χ0v) is 10.1. The van der Waals surface area contributed by atoms with Crippen molar-refractivity contribution in [3.05, 3.63) is 23.2 Å². The predicted molar refractivity (Wildman–Crippen MR) is 63.3 cm³/mol. The van der Waals surface area contributed by atoms with E-state index in [-0.39, 0.29) is 0 Å². The lowest BCUT2D eigenvalue weighted by Gasteiger charge is -2.10. The van der Waals surface area contributed by atoms with E-state index in [1.165, 1.54) is 18.1 Å². The van der Waals surface area contributed by atoms with E-state index in [0.717, 1.165) is 0 Å². The normalized spacial score (nSPS) is 10.4. The van der Waals surface area contributed by atoms with Gasteiger partial charge < -0.3 is 10.2 Å². The molecule has 0 fully saturated rings. The molecule has 0 aromatic carbocycles. The number of aromatic nitrogens is 4. The number of nitrogens with zero attached hydrogens (tertiary/aromatic N) is 4. The second-order valence-electron chi connectivity index (χ2n) is 3.23. The molecule has 0 unspecified atom stereocenters. The summed E-state index contributed by atoms with van der Waals surface area (Å²) in [5.41, 5.74) is 3.13. The molecule has 0 radical (unpaired) electrons. The highest BCUT2D eigenvalue weighted by molar-refractivity contribution is 6.31. The van der Waals surface area contributed by atoms with Gasteiger partial charge in [-0.2, -0.15) is 5.10 Å². The Hall–Kier alpha value is -1.86. The lowest BCUT2D eigenvalue weighted by Crippen LogP contribution is -2.12. The van der Waals surface area contributed by atoms with Crippen LogP contribution in [0.2, 0.25) is 5.02 Å². The van der Waals surface area contributed by atoms with Gasteiger partial charge in [0.25, 0.3) is 0 Å². The van der Waals surface area contributed by atoms with Gasteiger partial charge in [-0.15, -0.1) is 0 Å². The van der Waals surface area contributed by atoms with Crippen LogP contribution in [0.15, 0.2) is 12.5 Å². The fourth-order valence-corrected chi connectivity index (χ4v) is 1.50. The number of halogens is 1. The van der Waals surface area contributed by atoms with E-state index in [0.29, 0.717) is 28.1 Å². The smallest absolute Gasteiger partial charge is 0.207 e. The zero-order chi connectivity index (χ0) is 12.4. The van der Waals surface area contributed by atoms with Crippen molar-refractivity contribution < 1.29 is 4.74 Å². The topological polar surface area (TPSA) is 90.9 Å². The highest BCUT2D eigenvalue weighted by Gasteiger charge is 2.15. The molecule has 90 valence electrons. The molecule has 0 atom stereocenters. The molecular weight excluding hydrogens is 244 g/mol. The van der Waals surface area contributed by atoms with Gasteiger partial charge in [0.2, 0.25) is 11.6 Å². The highest BCUT2D eigenvalue weighted by Crippen LogP contribution is 2.27. The van der Waals surface area contributed by atoms with Gasteiger partial charge in [-0.1, -0.05) is 11.6 Å². The number of nitrogen functional groups attached to an aromatic ring is 1. The van der Waals surface area contributed by atoms with Crippen LogP contribution in [0.3, 0.4) is 0 Å². The maximum absolute atomic E-state index is 5.94. The van der Waals surface area contributed by atoms with Gasteiger partial charge in [0.1, 0.15) is 6.33 Å². The predicted octanol–water partition coefficient (Wildman–Crippen LogP) is 0.918. The number of nitrogens with one attached hydrogen (secondary N) is 1. The second kappa shape index (κ2) is 4.56. The lowest BCUT2D eigenvalue weighted by atomic mass is 10.4. The second-order valence-corrected chi connectivity index (χ2v) is 3.64. The number of hydrogen-bond acceptors (Lipinski definition) is 6. The van der Waals surface area contributed by atoms with Crippen LogP contribution in [-0.2, 0) is 0 Å². The quantitative estimate of drug-likeness (QED) is 0.625. The molecule has 0 aliphatic carbocycles. The number of ether oxygens (including phenoxy) is 1. The van der Waals surface area contributed by atoms with Gasteiger partial charge in [0.15, 0.2) is 5.82 Å². The van der Waals surface area contributed by atoms with Crippen molar-refractivity contribution >= 4 is 17.4 Å². The van der Waals surface area contributed by atoms with Gasteiger partial charge in [-0.05, 0) is 6.92 Å². The number of methoxy groups -OCH3 is 1. The summed E-state index contributed by atoms with van der Waals surface area (Å²) in [4.78, 5) is 8.03. The lowest BCUT2D eigenvalue weighted by molar-refractivity contribution is 0.409. The first-order valence-corrected chi connectivity index (χ1v) is 5.13. The molecule has 7 nitrogen and oxygen atoms in total. The van der Waals surface area contributed by atoms with Crippen molar-refractivity contribution in [1.29, 1.82) is 0 Å². The van der Waals surface area contributed by atoms with Crippen LogP contribution in [0, 0.1) is 6.92 Å². The van der Waals surface area contributed by atoms with Gasteiger partial charge in [0, 0.05) is 0 Å². The van der Waals surface area contributed by atoms with Crippen LogP contribution >= 0.6 is 11.6 Å². The largest absolute Gasteiger partial charge is 0.490 e. The maximum Gasteiger partial charge on any atom is 0.207 e. The minimum Gasteiger partial charge on any atom is -0.490 e. The Bertz CT molecular complexity index is 521. The third kappa shape index (κ3) is 2.02.